The molecule has 3 atom stereocenters. The number of rotatable bonds is 5. The lowest BCUT2D eigenvalue weighted by molar-refractivity contribution is -0.384. The van der Waals surface area contributed by atoms with Crippen molar-refractivity contribution >= 4 is 17.6 Å². The van der Waals surface area contributed by atoms with E-state index in [0.717, 1.165) is 31.0 Å². The second kappa shape index (κ2) is 6.43. The molecule has 126 valence electrons. The number of nitrogens with zero attached hydrogens (tertiary/aromatic N) is 1. The smallest absolute Gasteiger partial charge is 0.335 e. The van der Waals surface area contributed by atoms with Crippen molar-refractivity contribution in [2.45, 2.75) is 19.3 Å². The van der Waals surface area contributed by atoms with Gasteiger partial charge in [0.2, 0.25) is 0 Å². The molecule has 3 aliphatic carbocycles. The number of carbonyl (C=O) groups excluding carboxylic acids is 1. The monoisotopic (exact) mass is 330 g/mol. The van der Waals surface area contributed by atoms with Crippen molar-refractivity contribution in [2.24, 2.45) is 17.8 Å². The molecule has 0 aromatic heterocycles. The summed E-state index contributed by atoms with van der Waals surface area (Å²) >= 11 is 0. The number of hydrogen-bond donors (Lipinski definition) is 2. The van der Waals surface area contributed by atoms with Gasteiger partial charge in [-0.2, -0.15) is 0 Å². The Hall–Kier alpha value is -2.70. The summed E-state index contributed by atoms with van der Waals surface area (Å²) in [4.78, 5) is 33.6. The molecule has 4 rings (SSSR count). The number of nitrogens with one attached hydrogen (secondary N) is 1. The fraction of sp³-hybridized carbons (Fsp3) is 0.412. The van der Waals surface area contributed by atoms with Crippen LogP contribution in [0.1, 0.15) is 40.0 Å². The summed E-state index contributed by atoms with van der Waals surface area (Å²) in [6.45, 7) is 0.495. The maximum absolute atomic E-state index is 12.3. The van der Waals surface area contributed by atoms with E-state index in [4.69, 9.17) is 5.11 Å². The molecular formula is C17H18N2O5. The molecule has 0 heterocycles. The first-order valence-corrected chi connectivity index (χ1v) is 7.93. The van der Waals surface area contributed by atoms with Gasteiger partial charge in [-0.1, -0.05) is 12.2 Å². The van der Waals surface area contributed by atoms with Crippen LogP contribution in [0, 0.1) is 27.9 Å². The van der Waals surface area contributed by atoms with Crippen molar-refractivity contribution in [1.29, 1.82) is 0 Å². The van der Waals surface area contributed by atoms with Crippen molar-refractivity contribution in [3.63, 3.8) is 0 Å². The molecule has 0 saturated heterocycles. The Kier molecular flexibility index (Phi) is 4.33. The average molecular weight is 330 g/mol. The van der Waals surface area contributed by atoms with Crippen molar-refractivity contribution in [3.05, 3.63) is 51.6 Å². The third-order valence-electron chi connectivity index (χ3n) is 4.87. The van der Waals surface area contributed by atoms with Crippen LogP contribution in [0.3, 0.4) is 0 Å². The molecule has 7 heteroatoms. The van der Waals surface area contributed by atoms with Gasteiger partial charge < -0.3 is 10.4 Å². The number of carboxylic acid groups (broad SMARTS) is 1. The predicted octanol–water partition coefficient (Wildman–Crippen LogP) is 2.63. The van der Waals surface area contributed by atoms with E-state index in [1.165, 1.54) is 6.42 Å². The maximum atomic E-state index is 12.3. The van der Waals surface area contributed by atoms with E-state index >= 15 is 0 Å². The summed E-state index contributed by atoms with van der Waals surface area (Å²) in [5, 5.41) is 22.8. The van der Waals surface area contributed by atoms with Crippen LogP contribution in [-0.2, 0) is 0 Å². The quantitative estimate of drug-likeness (QED) is 0.490. The highest BCUT2D eigenvalue weighted by atomic mass is 16.6. The third-order valence-corrected chi connectivity index (χ3v) is 4.87. The van der Waals surface area contributed by atoms with E-state index in [1.807, 2.05) is 0 Å². The number of benzene rings is 1. The van der Waals surface area contributed by atoms with Gasteiger partial charge in [-0.15, -0.1) is 0 Å². The van der Waals surface area contributed by atoms with Crippen LogP contribution in [0.15, 0.2) is 30.4 Å². The first-order chi connectivity index (χ1) is 11.4. The molecule has 3 aliphatic rings. The van der Waals surface area contributed by atoms with Crippen LogP contribution in [0.2, 0.25) is 0 Å². The minimum Gasteiger partial charge on any atom is -0.478 e. The molecule has 0 radical (unpaired) electrons. The van der Waals surface area contributed by atoms with Gasteiger partial charge >= 0.3 is 5.97 Å². The Balaban J connectivity index is 1.71. The van der Waals surface area contributed by atoms with Crippen LogP contribution < -0.4 is 5.32 Å². The molecule has 0 spiro atoms. The number of carboxylic acids is 1. The van der Waals surface area contributed by atoms with Gasteiger partial charge in [-0.3, -0.25) is 14.9 Å². The van der Waals surface area contributed by atoms with E-state index in [9.17, 15) is 19.7 Å². The SMILES string of the molecule is O=C(O)c1cc(C(=O)NCC2CC3C=CC2CC3)cc([N+](=O)[O-])c1. The fourth-order valence-corrected chi connectivity index (χ4v) is 3.58. The normalized spacial score (nSPS) is 24.6. The minimum atomic E-state index is -1.30. The zero-order chi connectivity index (χ0) is 17.3. The van der Waals surface area contributed by atoms with E-state index in [2.05, 4.69) is 17.5 Å². The lowest BCUT2D eigenvalue weighted by Crippen LogP contribution is -2.37. The summed E-state index contributed by atoms with van der Waals surface area (Å²) < 4.78 is 0. The second-order valence-electron chi connectivity index (χ2n) is 6.42. The summed E-state index contributed by atoms with van der Waals surface area (Å²) in [6, 6.07) is 3.22. The summed E-state index contributed by atoms with van der Waals surface area (Å²) in [5.74, 6) is -0.368. The number of allylic oxidation sites excluding steroid dienone is 2. The molecule has 1 aromatic rings. The Morgan fingerprint density at radius 1 is 1.21 bits per heavy atom. The Bertz CT molecular complexity index is 695. The molecule has 0 aliphatic heterocycles. The van der Waals surface area contributed by atoms with Crippen molar-refractivity contribution in [1.82, 2.24) is 5.32 Å². The first kappa shape index (κ1) is 16.2. The van der Waals surface area contributed by atoms with Gasteiger partial charge in [0, 0.05) is 24.2 Å². The lowest BCUT2D eigenvalue weighted by atomic mass is 9.69. The van der Waals surface area contributed by atoms with Gasteiger partial charge in [-0.05, 0) is 43.1 Å². The van der Waals surface area contributed by atoms with Gasteiger partial charge in [0.25, 0.3) is 11.6 Å². The number of hydrogen-bond acceptors (Lipinski definition) is 4. The number of amides is 1. The Labute approximate surface area is 138 Å². The maximum Gasteiger partial charge on any atom is 0.335 e. The predicted molar refractivity (Wildman–Crippen MR) is 85.8 cm³/mol. The highest BCUT2D eigenvalue weighted by Gasteiger charge is 2.32. The van der Waals surface area contributed by atoms with Gasteiger partial charge in [-0.25, -0.2) is 4.79 Å². The molecule has 1 aromatic carbocycles. The largest absolute Gasteiger partial charge is 0.478 e. The third kappa shape index (κ3) is 3.29. The molecule has 2 N–H and O–H groups in total. The molecule has 3 unspecified atom stereocenters. The van der Waals surface area contributed by atoms with E-state index in [-0.39, 0.29) is 11.1 Å². The van der Waals surface area contributed by atoms with E-state index in [0.29, 0.717) is 24.3 Å². The summed E-state index contributed by atoms with van der Waals surface area (Å²) in [6.07, 6.45) is 7.81. The van der Waals surface area contributed by atoms with Crippen molar-refractivity contribution < 1.29 is 19.6 Å². The topological polar surface area (TPSA) is 110 Å². The van der Waals surface area contributed by atoms with E-state index < -0.39 is 22.5 Å². The summed E-state index contributed by atoms with van der Waals surface area (Å²) in [7, 11) is 0. The lowest BCUT2D eigenvalue weighted by Gasteiger charge is -2.38. The van der Waals surface area contributed by atoms with Crippen LogP contribution in [0.5, 0.6) is 0 Å². The molecule has 1 amide bonds. The first-order valence-electron chi connectivity index (χ1n) is 7.93. The highest BCUT2D eigenvalue weighted by molar-refractivity contribution is 5.98. The number of nitro benzene ring substituents is 1. The number of carbonyl (C=O) groups is 2. The zero-order valence-electron chi connectivity index (χ0n) is 13.0. The van der Waals surface area contributed by atoms with Gasteiger partial charge in [0.1, 0.15) is 0 Å². The molecule has 24 heavy (non-hydrogen) atoms. The summed E-state index contributed by atoms with van der Waals surface area (Å²) in [5.41, 5.74) is -0.674. The van der Waals surface area contributed by atoms with Crippen molar-refractivity contribution in [2.75, 3.05) is 6.54 Å². The Morgan fingerprint density at radius 3 is 2.50 bits per heavy atom. The molecule has 1 fully saturated rings. The van der Waals surface area contributed by atoms with Crippen LogP contribution >= 0.6 is 0 Å². The fourth-order valence-electron chi connectivity index (χ4n) is 3.58. The number of non-ortho nitro benzene ring substituents is 1. The molecule has 1 saturated carbocycles. The van der Waals surface area contributed by atoms with Crippen LogP contribution in [0.25, 0.3) is 0 Å². The van der Waals surface area contributed by atoms with Crippen molar-refractivity contribution in [3.8, 4) is 0 Å². The number of nitro groups is 1. The molecule has 2 bridgehead atoms. The number of aromatic carboxylic acids is 1. The standard InChI is InChI=1S/C17H18N2O5/c20-16(18-9-14-5-10-1-3-11(14)4-2-10)12-6-13(17(21)22)8-15(7-12)19(23)24/h1,3,6-8,10-11,14H,2,4-5,9H2,(H,18,20)(H,21,22). The van der Waals surface area contributed by atoms with E-state index in [1.54, 1.807) is 0 Å². The van der Waals surface area contributed by atoms with Crippen LogP contribution in [0.4, 0.5) is 5.69 Å². The Morgan fingerprint density at radius 2 is 1.96 bits per heavy atom. The van der Waals surface area contributed by atoms with Gasteiger partial charge in [0.05, 0.1) is 10.5 Å². The number of fused-ring (bicyclic) bond motifs is 2. The molecule has 7 nitrogen and oxygen atoms in total. The minimum absolute atomic E-state index is 0.00175. The second-order valence-corrected chi connectivity index (χ2v) is 6.42. The molecular weight excluding hydrogens is 312 g/mol. The van der Waals surface area contributed by atoms with Crippen LogP contribution in [-0.4, -0.2) is 28.5 Å². The highest BCUT2D eigenvalue weighted by Crippen LogP contribution is 2.39. The van der Waals surface area contributed by atoms with Gasteiger partial charge in [0.15, 0.2) is 0 Å². The zero-order valence-corrected chi connectivity index (χ0v) is 13.0. The average Bonchev–Trinajstić information content (AvgIpc) is 2.60.